The molecule has 0 spiro atoms. The van der Waals surface area contributed by atoms with E-state index in [1.165, 1.54) is 0 Å². The lowest BCUT2D eigenvalue weighted by Gasteiger charge is -2.25. The molecule has 1 saturated heterocycles. The van der Waals surface area contributed by atoms with Crippen LogP contribution in [0.3, 0.4) is 0 Å². The number of hydrogen-bond acceptors (Lipinski definition) is 4. The second-order valence-electron chi connectivity index (χ2n) is 9.01. The minimum Gasteiger partial charge on any atom is -0.354 e. The Labute approximate surface area is 190 Å². The van der Waals surface area contributed by atoms with Gasteiger partial charge in [-0.3, -0.25) is 19.2 Å². The topological polar surface area (TPSA) is 116 Å². The molecule has 0 bridgehead atoms. The van der Waals surface area contributed by atoms with Crippen molar-refractivity contribution in [2.75, 3.05) is 6.54 Å². The van der Waals surface area contributed by atoms with Gasteiger partial charge < -0.3 is 21.3 Å². The first-order valence-corrected chi connectivity index (χ1v) is 11.4. The summed E-state index contributed by atoms with van der Waals surface area (Å²) in [5.74, 6) is -1.49. The predicted molar refractivity (Wildman–Crippen MR) is 122 cm³/mol. The van der Waals surface area contributed by atoms with Gasteiger partial charge in [0.25, 0.3) is 0 Å². The Morgan fingerprint density at radius 1 is 0.844 bits per heavy atom. The van der Waals surface area contributed by atoms with E-state index in [-0.39, 0.29) is 23.7 Å². The van der Waals surface area contributed by atoms with E-state index in [9.17, 15) is 19.2 Å². The largest absolute Gasteiger partial charge is 0.354 e. The van der Waals surface area contributed by atoms with Crippen LogP contribution in [-0.4, -0.2) is 48.3 Å². The summed E-state index contributed by atoms with van der Waals surface area (Å²) in [6.45, 7) is 7.71. The van der Waals surface area contributed by atoms with E-state index in [4.69, 9.17) is 0 Å². The van der Waals surface area contributed by atoms with Crippen LogP contribution in [0.2, 0.25) is 0 Å². The summed E-state index contributed by atoms with van der Waals surface area (Å²) in [6.07, 6.45) is 1.94. The lowest BCUT2D eigenvalue weighted by molar-refractivity contribution is -0.134. The summed E-state index contributed by atoms with van der Waals surface area (Å²) >= 11 is 0. The van der Waals surface area contributed by atoms with Crippen LogP contribution in [0.5, 0.6) is 0 Å². The molecular formula is C24H36N4O4. The molecule has 1 aliphatic rings. The molecule has 1 aliphatic heterocycles. The van der Waals surface area contributed by atoms with Crippen molar-refractivity contribution >= 4 is 23.6 Å². The molecule has 8 nitrogen and oxygen atoms in total. The van der Waals surface area contributed by atoms with Crippen molar-refractivity contribution in [3.05, 3.63) is 35.9 Å². The quantitative estimate of drug-likeness (QED) is 0.560. The first kappa shape index (κ1) is 25.4. The van der Waals surface area contributed by atoms with Crippen molar-refractivity contribution in [2.24, 2.45) is 11.8 Å². The van der Waals surface area contributed by atoms with E-state index >= 15 is 0 Å². The molecule has 0 aliphatic carbocycles. The van der Waals surface area contributed by atoms with Gasteiger partial charge in [0.1, 0.15) is 18.1 Å². The first-order valence-electron chi connectivity index (χ1n) is 11.4. The number of amides is 4. The fourth-order valence-corrected chi connectivity index (χ4v) is 3.63. The molecule has 0 unspecified atom stereocenters. The molecule has 4 amide bonds. The molecule has 0 saturated carbocycles. The van der Waals surface area contributed by atoms with Gasteiger partial charge in [-0.25, -0.2) is 0 Å². The van der Waals surface area contributed by atoms with Gasteiger partial charge in [-0.2, -0.15) is 0 Å². The monoisotopic (exact) mass is 444 g/mol. The van der Waals surface area contributed by atoms with Crippen LogP contribution < -0.4 is 21.3 Å². The maximum absolute atomic E-state index is 13.1. The molecule has 32 heavy (non-hydrogen) atoms. The Morgan fingerprint density at radius 3 is 2.16 bits per heavy atom. The van der Waals surface area contributed by atoms with Crippen molar-refractivity contribution in [3.63, 3.8) is 0 Å². The van der Waals surface area contributed by atoms with Crippen LogP contribution in [0.1, 0.15) is 52.5 Å². The van der Waals surface area contributed by atoms with Crippen LogP contribution in [0.25, 0.3) is 0 Å². The molecule has 0 radical (unpaired) electrons. The first-order chi connectivity index (χ1) is 15.2. The molecule has 4 N–H and O–H groups in total. The zero-order valence-electron chi connectivity index (χ0n) is 19.4. The summed E-state index contributed by atoms with van der Waals surface area (Å²) in [5.41, 5.74) is 0.923. The van der Waals surface area contributed by atoms with Crippen LogP contribution in [-0.2, 0) is 25.6 Å². The van der Waals surface area contributed by atoms with Crippen LogP contribution in [0, 0.1) is 11.8 Å². The maximum atomic E-state index is 13.1. The van der Waals surface area contributed by atoms with Crippen molar-refractivity contribution in [1.29, 1.82) is 0 Å². The van der Waals surface area contributed by atoms with E-state index in [1.807, 2.05) is 44.2 Å². The lowest BCUT2D eigenvalue weighted by atomic mass is 10.0. The van der Waals surface area contributed by atoms with E-state index in [0.29, 0.717) is 32.2 Å². The number of hydrogen-bond donors (Lipinski definition) is 4. The van der Waals surface area contributed by atoms with Gasteiger partial charge in [-0.05, 0) is 37.7 Å². The SMILES string of the molecule is CC(C)C[C@H]1NC(=O)[C@H](C)NC(=O)[C@@H](C)CCCNC(=O)[C@H](Cc2ccccc2)NC1=O. The Kier molecular flexibility index (Phi) is 9.68. The summed E-state index contributed by atoms with van der Waals surface area (Å²) in [4.78, 5) is 51.1. The molecule has 1 aromatic carbocycles. The van der Waals surface area contributed by atoms with Gasteiger partial charge in [0.2, 0.25) is 23.6 Å². The maximum Gasteiger partial charge on any atom is 0.243 e. The smallest absolute Gasteiger partial charge is 0.243 e. The summed E-state index contributed by atoms with van der Waals surface area (Å²) in [7, 11) is 0. The fourth-order valence-electron chi connectivity index (χ4n) is 3.63. The number of benzene rings is 1. The zero-order chi connectivity index (χ0) is 23.7. The number of nitrogens with one attached hydrogen (secondary N) is 4. The van der Waals surface area contributed by atoms with Gasteiger partial charge in [-0.1, -0.05) is 51.1 Å². The van der Waals surface area contributed by atoms with E-state index in [1.54, 1.807) is 13.8 Å². The molecule has 1 aromatic rings. The fraction of sp³-hybridized carbons (Fsp3) is 0.583. The average Bonchev–Trinajstić information content (AvgIpc) is 2.75. The molecule has 1 fully saturated rings. The molecule has 1 heterocycles. The Morgan fingerprint density at radius 2 is 1.50 bits per heavy atom. The molecule has 2 rings (SSSR count). The van der Waals surface area contributed by atoms with Gasteiger partial charge in [0, 0.05) is 18.9 Å². The third-order valence-corrected chi connectivity index (χ3v) is 5.57. The minimum absolute atomic E-state index is 0.138. The van der Waals surface area contributed by atoms with Gasteiger partial charge in [0.15, 0.2) is 0 Å². The summed E-state index contributed by atoms with van der Waals surface area (Å²) < 4.78 is 0. The Balaban J connectivity index is 2.27. The van der Waals surface area contributed by atoms with Crippen molar-refractivity contribution < 1.29 is 19.2 Å². The molecule has 4 atom stereocenters. The van der Waals surface area contributed by atoms with Gasteiger partial charge >= 0.3 is 0 Å². The summed E-state index contributed by atoms with van der Waals surface area (Å²) in [6, 6.07) is 7.13. The highest BCUT2D eigenvalue weighted by molar-refractivity contribution is 5.94. The minimum atomic E-state index is -0.810. The predicted octanol–water partition coefficient (Wildman–Crippen LogP) is 1.30. The Bertz CT molecular complexity index is 796. The zero-order valence-corrected chi connectivity index (χ0v) is 19.4. The number of carbonyl (C=O) groups excluding carboxylic acids is 4. The standard InChI is InChI=1S/C24H36N4O4/c1-15(2)13-19-24(32)28-20(14-18-10-6-5-7-11-18)23(31)25-12-8-9-16(3)21(29)26-17(4)22(30)27-19/h5-7,10-11,15-17,19-20H,8-9,12-14H2,1-4H3,(H,25,31)(H,26,29)(H,27,30)(H,28,32)/t16-,17-,19+,20-/m0/s1. The van der Waals surface area contributed by atoms with E-state index in [0.717, 1.165) is 5.56 Å². The molecule has 8 heteroatoms. The van der Waals surface area contributed by atoms with E-state index in [2.05, 4.69) is 21.3 Å². The molecule has 0 aromatic heterocycles. The second-order valence-corrected chi connectivity index (χ2v) is 9.01. The number of carbonyl (C=O) groups is 4. The highest BCUT2D eigenvalue weighted by Crippen LogP contribution is 2.10. The van der Waals surface area contributed by atoms with Crippen LogP contribution >= 0.6 is 0 Å². The molecule has 176 valence electrons. The average molecular weight is 445 g/mol. The lowest BCUT2D eigenvalue weighted by Crippen LogP contribution is -2.57. The van der Waals surface area contributed by atoms with Crippen LogP contribution in [0.15, 0.2) is 30.3 Å². The normalized spacial score (nSPS) is 26.3. The van der Waals surface area contributed by atoms with Crippen LogP contribution in [0.4, 0.5) is 0 Å². The van der Waals surface area contributed by atoms with Crippen molar-refractivity contribution in [3.8, 4) is 0 Å². The van der Waals surface area contributed by atoms with Crippen molar-refractivity contribution in [2.45, 2.75) is 71.5 Å². The van der Waals surface area contributed by atoms with Crippen molar-refractivity contribution in [1.82, 2.24) is 21.3 Å². The highest BCUT2D eigenvalue weighted by Gasteiger charge is 2.29. The molecular weight excluding hydrogens is 408 g/mol. The van der Waals surface area contributed by atoms with Gasteiger partial charge in [0.05, 0.1) is 0 Å². The second kappa shape index (κ2) is 12.2. The Hall–Kier alpha value is -2.90. The van der Waals surface area contributed by atoms with Gasteiger partial charge in [-0.15, -0.1) is 0 Å². The number of rotatable bonds is 4. The third kappa shape index (κ3) is 7.98. The third-order valence-electron chi connectivity index (χ3n) is 5.57. The van der Waals surface area contributed by atoms with E-state index < -0.39 is 29.9 Å². The summed E-state index contributed by atoms with van der Waals surface area (Å²) in [5, 5.41) is 11.2. The highest BCUT2D eigenvalue weighted by atomic mass is 16.2.